The molecule has 9 heteroatoms. The Hall–Kier alpha value is -1.76. The van der Waals surface area contributed by atoms with Crippen molar-refractivity contribution in [1.29, 1.82) is 0 Å². The highest BCUT2D eigenvalue weighted by Crippen LogP contribution is 2.67. The third-order valence-corrected chi connectivity index (χ3v) is 7.01. The van der Waals surface area contributed by atoms with Crippen LogP contribution in [0.1, 0.15) is 41.0 Å². The summed E-state index contributed by atoms with van der Waals surface area (Å²) in [6.07, 6.45) is 0.107. The van der Waals surface area contributed by atoms with Gasteiger partial charge in [0.15, 0.2) is 0 Å². The molecule has 158 valence electrons. The quantitative estimate of drug-likeness (QED) is 0.444. The molecule has 2 N–H and O–H groups in total. The Morgan fingerprint density at radius 1 is 1.29 bits per heavy atom. The fourth-order valence-corrected chi connectivity index (χ4v) is 5.29. The predicted molar refractivity (Wildman–Crippen MR) is 104 cm³/mol. The number of alkyl halides is 2. The lowest BCUT2D eigenvalue weighted by Crippen LogP contribution is -2.51. The second kappa shape index (κ2) is 9.16. The molecular weight excluding hydrogens is 391 g/mol. The predicted octanol–water partition coefficient (Wildman–Crippen LogP) is 4.75. The molecule has 2 atom stereocenters. The van der Waals surface area contributed by atoms with Crippen LogP contribution in [0.3, 0.4) is 0 Å². The van der Waals surface area contributed by atoms with Crippen molar-refractivity contribution in [3.05, 3.63) is 42.0 Å². The summed E-state index contributed by atoms with van der Waals surface area (Å²) in [5.74, 6) is -1.45. The smallest absolute Gasteiger partial charge is 0.389 e. The number of hydrogen-bond donors (Lipinski definition) is 2. The van der Waals surface area contributed by atoms with Gasteiger partial charge in [0, 0.05) is 12.0 Å². The number of halogens is 2. The third kappa shape index (κ3) is 5.63. The summed E-state index contributed by atoms with van der Waals surface area (Å²) in [5.41, 5.74) is -4.84. The van der Waals surface area contributed by atoms with Crippen molar-refractivity contribution in [1.82, 2.24) is 4.67 Å². The first-order chi connectivity index (χ1) is 12.8. The van der Waals surface area contributed by atoms with E-state index in [1.54, 1.807) is 6.07 Å². The number of aliphatic hydroxyl groups is 1. The Morgan fingerprint density at radius 2 is 1.82 bits per heavy atom. The van der Waals surface area contributed by atoms with Gasteiger partial charge < -0.3 is 14.7 Å². The van der Waals surface area contributed by atoms with Gasteiger partial charge in [-0.05, 0) is 46.8 Å². The molecule has 0 fully saturated rings. The van der Waals surface area contributed by atoms with Gasteiger partial charge in [0.25, 0.3) is 0 Å². The van der Waals surface area contributed by atoms with Crippen LogP contribution in [0.25, 0.3) is 0 Å². The van der Waals surface area contributed by atoms with Crippen LogP contribution in [-0.4, -0.2) is 44.7 Å². The molecule has 0 bridgehead atoms. The number of para-hydroxylation sites is 1. The molecule has 28 heavy (non-hydrogen) atoms. The SMILES string of the molecule is C/C(=C\CC(F)(F)P(=O)(Oc1ccccc1)N([C@@H](C)C(=O)O)C(C)(C)C)CO. The van der Waals surface area contributed by atoms with Crippen LogP contribution in [0.5, 0.6) is 5.75 Å². The molecule has 0 radical (unpaired) electrons. The number of hydrogen-bond acceptors (Lipinski definition) is 4. The Morgan fingerprint density at radius 3 is 2.25 bits per heavy atom. The number of aliphatic carboxylic acids is 1. The number of aliphatic hydroxyl groups excluding tert-OH is 1. The Kier molecular flexibility index (Phi) is 7.94. The molecule has 0 spiro atoms. The minimum Gasteiger partial charge on any atom is -0.480 e. The molecular formula is C19H28F2NO5P. The van der Waals surface area contributed by atoms with E-state index < -0.39 is 43.8 Å². The summed E-state index contributed by atoms with van der Waals surface area (Å²) in [5, 5.41) is 18.5. The molecule has 0 aliphatic rings. The second-order valence-electron chi connectivity index (χ2n) is 7.53. The van der Waals surface area contributed by atoms with Gasteiger partial charge in [-0.2, -0.15) is 13.5 Å². The van der Waals surface area contributed by atoms with E-state index in [-0.39, 0.29) is 11.3 Å². The third-order valence-electron chi connectivity index (χ3n) is 4.03. The molecule has 1 unspecified atom stereocenters. The molecule has 0 aromatic heterocycles. The van der Waals surface area contributed by atoms with Gasteiger partial charge in [0.05, 0.1) is 6.61 Å². The van der Waals surface area contributed by atoms with Gasteiger partial charge >= 0.3 is 19.2 Å². The van der Waals surface area contributed by atoms with Gasteiger partial charge in [-0.3, -0.25) is 9.36 Å². The minimum absolute atomic E-state index is 0.0554. The highest BCUT2D eigenvalue weighted by atomic mass is 31.2. The molecule has 0 aliphatic heterocycles. The van der Waals surface area contributed by atoms with Gasteiger partial charge in [-0.1, -0.05) is 29.8 Å². The van der Waals surface area contributed by atoms with Crippen LogP contribution in [0.4, 0.5) is 8.78 Å². The van der Waals surface area contributed by atoms with E-state index in [0.717, 1.165) is 10.7 Å². The highest BCUT2D eigenvalue weighted by molar-refractivity contribution is 7.58. The normalized spacial score (nSPS) is 16.5. The zero-order chi connectivity index (χ0) is 21.8. The lowest BCUT2D eigenvalue weighted by Gasteiger charge is -2.44. The maximum Gasteiger partial charge on any atom is 0.389 e. The molecule has 0 heterocycles. The summed E-state index contributed by atoms with van der Waals surface area (Å²) in [6.45, 7) is 6.73. The summed E-state index contributed by atoms with van der Waals surface area (Å²) >= 11 is 0. The summed E-state index contributed by atoms with van der Waals surface area (Å²) in [6, 6.07) is 5.98. The van der Waals surface area contributed by atoms with E-state index in [2.05, 4.69) is 0 Å². The number of benzene rings is 1. The van der Waals surface area contributed by atoms with Crippen molar-refractivity contribution < 1.29 is 32.9 Å². The zero-order valence-corrected chi connectivity index (χ0v) is 17.6. The Bertz CT molecular complexity index is 746. The number of carboxylic acids is 1. The number of carboxylic acid groups (broad SMARTS) is 1. The van der Waals surface area contributed by atoms with E-state index in [1.165, 1.54) is 58.9 Å². The van der Waals surface area contributed by atoms with Crippen LogP contribution in [0.2, 0.25) is 0 Å². The van der Waals surface area contributed by atoms with Crippen molar-refractivity contribution in [2.45, 2.75) is 58.3 Å². The summed E-state index contributed by atoms with van der Waals surface area (Å²) in [7, 11) is -5.06. The molecule has 1 aromatic carbocycles. The van der Waals surface area contributed by atoms with E-state index in [0.29, 0.717) is 0 Å². The van der Waals surface area contributed by atoms with Gasteiger partial charge in [0.1, 0.15) is 11.8 Å². The first-order valence-corrected chi connectivity index (χ1v) is 10.4. The van der Waals surface area contributed by atoms with Crippen molar-refractivity contribution in [2.24, 2.45) is 0 Å². The minimum atomic E-state index is -5.06. The van der Waals surface area contributed by atoms with E-state index >= 15 is 8.78 Å². The Balaban J connectivity index is 3.60. The number of allylic oxidation sites excluding steroid dienone is 1. The van der Waals surface area contributed by atoms with Crippen LogP contribution in [-0.2, 0) is 9.36 Å². The fourth-order valence-electron chi connectivity index (χ4n) is 2.68. The molecule has 1 rings (SSSR count). The van der Waals surface area contributed by atoms with Crippen molar-refractivity contribution in [3.8, 4) is 5.75 Å². The topological polar surface area (TPSA) is 87.1 Å². The van der Waals surface area contributed by atoms with Crippen molar-refractivity contribution in [2.75, 3.05) is 6.61 Å². The number of carbonyl (C=O) groups is 1. The average molecular weight is 419 g/mol. The monoisotopic (exact) mass is 419 g/mol. The lowest BCUT2D eigenvalue weighted by atomic mass is 10.1. The highest BCUT2D eigenvalue weighted by Gasteiger charge is 2.61. The molecule has 0 aliphatic carbocycles. The van der Waals surface area contributed by atoms with Crippen LogP contribution in [0, 0.1) is 0 Å². The molecule has 6 nitrogen and oxygen atoms in total. The molecule has 1 aromatic rings. The standard InChI is InChI=1S/C19H28F2NO5P/c1-14(13-23)11-12-19(20,21)28(26,27-16-9-7-6-8-10-16)22(18(3,4)5)15(2)17(24)25/h6-11,15,23H,12-13H2,1-5H3,(H,24,25)/b14-11+/t15-,28?/m0/s1. The van der Waals surface area contributed by atoms with E-state index in [9.17, 15) is 14.5 Å². The largest absolute Gasteiger partial charge is 0.480 e. The zero-order valence-electron chi connectivity index (χ0n) is 16.7. The van der Waals surface area contributed by atoms with Crippen LogP contribution >= 0.6 is 7.52 Å². The lowest BCUT2D eigenvalue weighted by molar-refractivity contribution is -0.142. The van der Waals surface area contributed by atoms with E-state index in [1.807, 2.05) is 0 Å². The average Bonchev–Trinajstić information content (AvgIpc) is 2.59. The van der Waals surface area contributed by atoms with E-state index in [4.69, 9.17) is 9.63 Å². The fraction of sp³-hybridized carbons (Fsp3) is 0.526. The van der Waals surface area contributed by atoms with Gasteiger partial charge in [0.2, 0.25) is 0 Å². The summed E-state index contributed by atoms with van der Waals surface area (Å²) < 4.78 is 50.5. The first kappa shape index (κ1) is 24.3. The Labute approximate surface area is 164 Å². The van der Waals surface area contributed by atoms with Crippen molar-refractivity contribution >= 4 is 13.5 Å². The van der Waals surface area contributed by atoms with Gasteiger partial charge in [-0.15, -0.1) is 0 Å². The van der Waals surface area contributed by atoms with Crippen LogP contribution in [0.15, 0.2) is 42.0 Å². The molecule has 0 amide bonds. The number of rotatable bonds is 9. The number of nitrogens with zero attached hydrogens (tertiary/aromatic N) is 1. The summed E-state index contributed by atoms with van der Waals surface area (Å²) in [4.78, 5) is 11.6. The van der Waals surface area contributed by atoms with Crippen LogP contribution < -0.4 is 4.52 Å². The maximum atomic E-state index is 15.3. The molecule has 0 saturated carbocycles. The maximum absolute atomic E-state index is 15.3. The van der Waals surface area contributed by atoms with Crippen molar-refractivity contribution in [3.63, 3.8) is 0 Å². The second-order valence-corrected chi connectivity index (χ2v) is 9.84. The molecule has 0 saturated heterocycles. The van der Waals surface area contributed by atoms with Gasteiger partial charge in [-0.25, -0.2) is 0 Å². The first-order valence-electron chi connectivity index (χ1n) is 8.78.